The molecule has 0 radical (unpaired) electrons. The van der Waals surface area contributed by atoms with Crippen molar-refractivity contribution in [2.75, 3.05) is 0 Å². The van der Waals surface area contributed by atoms with Crippen LogP contribution in [0, 0.1) is 17.8 Å². The zero-order valence-electron chi connectivity index (χ0n) is 11.5. The molecule has 20 heavy (non-hydrogen) atoms. The lowest BCUT2D eigenvalue weighted by Crippen LogP contribution is -2.46. The second kappa shape index (κ2) is 4.62. The van der Waals surface area contributed by atoms with Crippen molar-refractivity contribution in [3.8, 4) is 0 Å². The van der Waals surface area contributed by atoms with Crippen LogP contribution >= 0.6 is 0 Å². The maximum Gasteiger partial charge on any atom is 0.308 e. The van der Waals surface area contributed by atoms with E-state index in [1.54, 1.807) is 6.26 Å². The molecule has 0 spiro atoms. The maximum absolute atomic E-state index is 11.6. The predicted molar refractivity (Wildman–Crippen MR) is 73.3 cm³/mol. The Morgan fingerprint density at radius 1 is 1.30 bits per heavy atom. The molecule has 0 amide bonds. The Morgan fingerprint density at radius 2 is 2.15 bits per heavy atom. The third kappa shape index (κ3) is 1.81. The Hall–Kier alpha value is -1.29. The van der Waals surface area contributed by atoms with Crippen molar-refractivity contribution in [2.24, 2.45) is 17.8 Å². The minimum Gasteiger partial charge on any atom is -0.481 e. The summed E-state index contributed by atoms with van der Waals surface area (Å²) in [5.41, 5.74) is 1.25. The molecule has 3 aliphatic rings. The van der Waals surface area contributed by atoms with Gasteiger partial charge in [0, 0.05) is 24.1 Å². The first-order valence-corrected chi connectivity index (χ1v) is 7.79. The minimum absolute atomic E-state index is 0.150. The summed E-state index contributed by atoms with van der Waals surface area (Å²) in [6, 6.07) is 2.48. The second-order valence-corrected chi connectivity index (χ2v) is 6.63. The highest BCUT2D eigenvalue weighted by Gasteiger charge is 2.51. The topological polar surface area (TPSA) is 62.5 Å². The third-order valence-electron chi connectivity index (χ3n) is 5.65. The molecule has 5 unspecified atom stereocenters. The van der Waals surface area contributed by atoms with Gasteiger partial charge in [-0.05, 0) is 50.0 Å². The molecular formula is C16H21NO3. The summed E-state index contributed by atoms with van der Waals surface area (Å²) in [7, 11) is 0. The Morgan fingerprint density at radius 3 is 3.00 bits per heavy atom. The predicted octanol–water partition coefficient (Wildman–Crippen LogP) is 2.75. The molecule has 0 aliphatic heterocycles. The number of aryl methyl sites for hydroxylation is 1. The number of carboxylic acid groups (broad SMARTS) is 1. The van der Waals surface area contributed by atoms with Crippen molar-refractivity contribution < 1.29 is 14.3 Å². The molecule has 2 N–H and O–H groups in total. The molecular weight excluding hydrogens is 254 g/mol. The highest BCUT2D eigenvalue weighted by atomic mass is 16.4. The van der Waals surface area contributed by atoms with E-state index < -0.39 is 5.97 Å². The molecule has 4 heteroatoms. The van der Waals surface area contributed by atoms with Gasteiger partial charge < -0.3 is 14.8 Å². The Bertz CT molecular complexity index is 524. The Kier molecular flexibility index (Phi) is 2.88. The number of furan rings is 1. The molecule has 4 nitrogen and oxygen atoms in total. The SMILES string of the molecule is O=C(O)C1C2CCC(C2)C1NC1CCCc2occc21. The van der Waals surface area contributed by atoms with Crippen molar-refractivity contribution in [3.05, 3.63) is 23.7 Å². The van der Waals surface area contributed by atoms with Gasteiger partial charge >= 0.3 is 5.97 Å². The van der Waals surface area contributed by atoms with Crippen LogP contribution in [0.1, 0.15) is 49.5 Å². The summed E-state index contributed by atoms with van der Waals surface area (Å²) in [6.07, 6.45) is 8.38. The van der Waals surface area contributed by atoms with Crippen LogP contribution in [0.4, 0.5) is 0 Å². The van der Waals surface area contributed by atoms with Crippen molar-refractivity contribution in [1.29, 1.82) is 0 Å². The summed E-state index contributed by atoms with van der Waals surface area (Å²) < 4.78 is 5.53. The standard InChI is InChI=1S/C16H21NO3/c18-16(19)14-9-4-5-10(8-9)15(14)17-12-2-1-3-13-11(12)6-7-20-13/h6-7,9-10,12,14-15,17H,1-5,8H2,(H,18,19). The molecule has 1 heterocycles. The molecule has 0 aromatic carbocycles. The fraction of sp³-hybridized carbons (Fsp3) is 0.688. The average molecular weight is 275 g/mol. The number of hydrogen-bond donors (Lipinski definition) is 2. The number of carbonyl (C=O) groups is 1. The number of nitrogens with one attached hydrogen (secondary N) is 1. The van der Waals surface area contributed by atoms with E-state index in [9.17, 15) is 9.90 Å². The summed E-state index contributed by atoms with van der Waals surface area (Å²) in [5, 5.41) is 13.2. The second-order valence-electron chi connectivity index (χ2n) is 6.63. The van der Waals surface area contributed by atoms with Crippen LogP contribution in [0.15, 0.2) is 16.7 Å². The lowest BCUT2D eigenvalue weighted by Gasteiger charge is -2.34. The van der Waals surface area contributed by atoms with Crippen LogP contribution in [0.3, 0.4) is 0 Å². The molecule has 4 rings (SSSR count). The molecule has 2 fully saturated rings. The first-order valence-electron chi connectivity index (χ1n) is 7.79. The van der Waals surface area contributed by atoms with Gasteiger partial charge in [-0.1, -0.05) is 0 Å². The third-order valence-corrected chi connectivity index (χ3v) is 5.65. The summed E-state index contributed by atoms with van der Waals surface area (Å²) in [4.78, 5) is 11.6. The first-order chi connectivity index (χ1) is 9.74. The molecule has 3 aliphatic carbocycles. The normalized spacial score (nSPS) is 38.9. The fourth-order valence-electron chi connectivity index (χ4n) is 4.78. The minimum atomic E-state index is -0.613. The molecule has 108 valence electrons. The lowest BCUT2D eigenvalue weighted by atomic mass is 9.83. The zero-order chi connectivity index (χ0) is 13.7. The number of aliphatic carboxylic acids is 1. The molecule has 2 saturated carbocycles. The number of fused-ring (bicyclic) bond motifs is 3. The molecule has 1 aromatic rings. The first kappa shape index (κ1) is 12.5. The smallest absolute Gasteiger partial charge is 0.308 e. The van der Waals surface area contributed by atoms with Crippen molar-refractivity contribution in [1.82, 2.24) is 5.32 Å². The van der Waals surface area contributed by atoms with Gasteiger partial charge in [-0.2, -0.15) is 0 Å². The number of rotatable bonds is 3. The molecule has 0 saturated heterocycles. The van der Waals surface area contributed by atoms with E-state index in [4.69, 9.17) is 4.42 Å². The van der Waals surface area contributed by atoms with Crippen LogP contribution in [0.5, 0.6) is 0 Å². The summed E-state index contributed by atoms with van der Waals surface area (Å²) in [5.74, 6) is 1.23. The van der Waals surface area contributed by atoms with E-state index in [-0.39, 0.29) is 18.0 Å². The lowest BCUT2D eigenvalue weighted by molar-refractivity contribution is -0.144. The van der Waals surface area contributed by atoms with Gasteiger partial charge in [0.1, 0.15) is 5.76 Å². The molecule has 2 bridgehead atoms. The van der Waals surface area contributed by atoms with Crippen molar-refractivity contribution in [2.45, 2.75) is 50.6 Å². The van der Waals surface area contributed by atoms with E-state index in [0.29, 0.717) is 11.8 Å². The average Bonchev–Trinajstić information content (AvgIpc) is 3.13. The van der Waals surface area contributed by atoms with Crippen LogP contribution in [-0.4, -0.2) is 17.1 Å². The zero-order valence-corrected chi connectivity index (χ0v) is 11.5. The van der Waals surface area contributed by atoms with Gasteiger partial charge in [-0.15, -0.1) is 0 Å². The van der Waals surface area contributed by atoms with Crippen LogP contribution in [0.25, 0.3) is 0 Å². The van der Waals surface area contributed by atoms with Gasteiger partial charge in [-0.3, -0.25) is 4.79 Å². The van der Waals surface area contributed by atoms with Gasteiger partial charge in [0.15, 0.2) is 0 Å². The van der Waals surface area contributed by atoms with Gasteiger partial charge in [0.25, 0.3) is 0 Å². The van der Waals surface area contributed by atoms with Crippen molar-refractivity contribution >= 4 is 5.97 Å². The van der Waals surface area contributed by atoms with Gasteiger partial charge in [0.2, 0.25) is 0 Å². The molecule has 5 atom stereocenters. The van der Waals surface area contributed by atoms with Crippen LogP contribution in [-0.2, 0) is 11.2 Å². The highest BCUT2D eigenvalue weighted by molar-refractivity contribution is 5.72. The Labute approximate surface area is 118 Å². The Balaban J connectivity index is 1.56. The van der Waals surface area contributed by atoms with E-state index in [2.05, 4.69) is 11.4 Å². The van der Waals surface area contributed by atoms with Crippen LogP contribution < -0.4 is 5.32 Å². The van der Waals surface area contributed by atoms with Gasteiger partial charge in [-0.25, -0.2) is 0 Å². The molecule has 1 aromatic heterocycles. The van der Waals surface area contributed by atoms with Crippen molar-refractivity contribution in [3.63, 3.8) is 0 Å². The van der Waals surface area contributed by atoms with E-state index in [0.717, 1.165) is 37.9 Å². The van der Waals surface area contributed by atoms with Crippen LogP contribution in [0.2, 0.25) is 0 Å². The fourth-order valence-corrected chi connectivity index (χ4v) is 4.78. The quantitative estimate of drug-likeness (QED) is 0.890. The largest absolute Gasteiger partial charge is 0.481 e. The highest BCUT2D eigenvalue weighted by Crippen LogP contribution is 2.49. The van der Waals surface area contributed by atoms with E-state index in [1.807, 2.05) is 0 Å². The van der Waals surface area contributed by atoms with E-state index >= 15 is 0 Å². The summed E-state index contributed by atoms with van der Waals surface area (Å²) in [6.45, 7) is 0. The summed E-state index contributed by atoms with van der Waals surface area (Å²) >= 11 is 0. The maximum atomic E-state index is 11.6. The van der Waals surface area contributed by atoms with Gasteiger partial charge in [0.05, 0.1) is 12.2 Å². The number of hydrogen-bond acceptors (Lipinski definition) is 3. The monoisotopic (exact) mass is 275 g/mol. The van der Waals surface area contributed by atoms with E-state index in [1.165, 1.54) is 12.0 Å². The number of carboxylic acids is 1.